The lowest BCUT2D eigenvalue weighted by atomic mass is 10.2. The summed E-state index contributed by atoms with van der Waals surface area (Å²) in [5.41, 5.74) is 1.59. The van der Waals surface area contributed by atoms with Crippen LogP contribution in [0.2, 0.25) is 5.15 Å². The van der Waals surface area contributed by atoms with E-state index in [-0.39, 0.29) is 17.5 Å². The number of hydrogen-bond acceptors (Lipinski definition) is 5. The van der Waals surface area contributed by atoms with Crippen LogP contribution in [0, 0.1) is 12.7 Å². The van der Waals surface area contributed by atoms with Crippen LogP contribution < -0.4 is 5.32 Å². The molecule has 1 N–H and O–H groups in total. The van der Waals surface area contributed by atoms with Crippen molar-refractivity contribution in [2.24, 2.45) is 0 Å². The SMILES string of the molecule is Cc1nn(-c2ccc(F)cc2)c(Cl)c1/C=C/C(=O)OCC(=O)N1CCNC1=O. The second kappa shape index (κ2) is 8.22. The van der Waals surface area contributed by atoms with Crippen molar-refractivity contribution in [1.29, 1.82) is 0 Å². The first-order valence-electron chi connectivity index (χ1n) is 8.31. The molecule has 0 atom stereocenters. The maximum atomic E-state index is 13.1. The lowest BCUT2D eigenvalue weighted by Crippen LogP contribution is -2.37. The molecule has 0 saturated carbocycles. The molecular weight excluding hydrogens is 391 g/mol. The van der Waals surface area contributed by atoms with Gasteiger partial charge in [0.25, 0.3) is 5.91 Å². The Morgan fingerprint density at radius 1 is 1.36 bits per heavy atom. The summed E-state index contributed by atoms with van der Waals surface area (Å²) in [6.45, 7) is 1.77. The number of aromatic nitrogens is 2. The highest BCUT2D eigenvalue weighted by atomic mass is 35.5. The molecule has 1 aliphatic rings. The van der Waals surface area contributed by atoms with Crippen molar-refractivity contribution in [2.75, 3.05) is 19.7 Å². The molecule has 0 spiro atoms. The van der Waals surface area contributed by atoms with E-state index < -0.39 is 24.5 Å². The van der Waals surface area contributed by atoms with E-state index in [1.165, 1.54) is 35.0 Å². The fraction of sp³-hybridized carbons (Fsp3) is 0.222. The predicted octanol–water partition coefficient (Wildman–Crippen LogP) is 2.08. The molecule has 1 saturated heterocycles. The number of halogens is 2. The maximum Gasteiger partial charge on any atom is 0.331 e. The minimum Gasteiger partial charge on any atom is -0.452 e. The molecule has 3 amide bonds. The molecular formula is C18H16ClFN4O4. The van der Waals surface area contributed by atoms with Gasteiger partial charge in [-0.15, -0.1) is 0 Å². The van der Waals surface area contributed by atoms with Gasteiger partial charge < -0.3 is 10.1 Å². The van der Waals surface area contributed by atoms with Gasteiger partial charge in [-0.05, 0) is 37.3 Å². The van der Waals surface area contributed by atoms with Gasteiger partial charge in [0, 0.05) is 24.7 Å². The number of nitrogens with one attached hydrogen (secondary N) is 1. The van der Waals surface area contributed by atoms with Crippen LogP contribution in [0.15, 0.2) is 30.3 Å². The first-order valence-corrected chi connectivity index (χ1v) is 8.68. The third-order valence-corrected chi connectivity index (χ3v) is 4.36. The zero-order valence-corrected chi connectivity index (χ0v) is 15.6. The highest BCUT2D eigenvalue weighted by Crippen LogP contribution is 2.24. The van der Waals surface area contributed by atoms with Crippen LogP contribution in [0.5, 0.6) is 0 Å². The van der Waals surface area contributed by atoms with Crippen LogP contribution in [0.25, 0.3) is 11.8 Å². The molecule has 1 aromatic carbocycles. The molecule has 0 bridgehead atoms. The number of ether oxygens (including phenoxy) is 1. The third kappa shape index (κ3) is 4.20. The van der Waals surface area contributed by atoms with Crippen LogP contribution in [-0.4, -0.2) is 52.3 Å². The summed E-state index contributed by atoms with van der Waals surface area (Å²) in [4.78, 5) is 36.0. The molecule has 1 aromatic heterocycles. The molecule has 1 aliphatic heterocycles. The second-order valence-electron chi connectivity index (χ2n) is 5.90. The molecule has 0 radical (unpaired) electrons. The van der Waals surface area contributed by atoms with Gasteiger partial charge in [0.05, 0.1) is 11.4 Å². The smallest absolute Gasteiger partial charge is 0.331 e. The fourth-order valence-corrected chi connectivity index (χ4v) is 2.91. The van der Waals surface area contributed by atoms with Crippen molar-refractivity contribution in [3.8, 4) is 5.69 Å². The Labute approximate surface area is 164 Å². The summed E-state index contributed by atoms with van der Waals surface area (Å²) < 4.78 is 19.3. The summed E-state index contributed by atoms with van der Waals surface area (Å²) in [6, 6.07) is 5.11. The van der Waals surface area contributed by atoms with E-state index in [0.29, 0.717) is 23.5 Å². The molecule has 0 aliphatic carbocycles. The molecule has 0 unspecified atom stereocenters. The van der Waals surface area contributed by atoms with Gasteiger partial charge in [-0.2, -0.15) is 5.10 Å². The van der Waals surface area contributed by atoms with Gasteiger partial charge in [0.1, 0.15) is 11.0 Å². The normalized spacial score (nSPS) is 13.8. The lowest BCUT2D eigenvalue weighted by Gasteiger charge is -2.11. The van der Waals surface area contributed by atoms with E-state index in [4.69, 9.17) is 16.3 Å². The van der Waals surface area contributed by atoms with Gasteiger partial charge >= 0.3 is 12.0 Å². The Hall–Kier alpha value is -3.20. The lowest BCUT2D eigenvalue weighted by molar-refractivity contribution is -0.146. The molecule has 8 nitrogen and oxygen atoms in total. The van der Waals surface area contributed by atoms with Gasteiger partial charge in [0.2, 0.25) is 0 Å². The van der Waals surface area contributed by atoms with Crippen molar-refractivity contribution in [3.05, 3.63) is 52.6 Å². The Bertz CT molecular complexity index is 955. The zero-order valence-electron chi connectivity index (χ0n) is 14.8. The highest BCUT2D eigenvalue weighted by Gasteiger charge is 2.26. The van der Waals surface area contributed by atoms with E-state index in [1.807, 2.05) is 0 Å². The van der Waals surface area contributed by atoms with Crippen molar-refractivity contribution in [3.63, 3.8) is 0 Å². The molecule has 2 heterocycles. The minimum absolute atomic E-state index is 0.234. The van der Waals surface area contributed by atoms with Crippen LogP contribution in [0.1, 0.15) is 11.3 Å². The van der Waals surface area contributed by atoms with Crippen LogP contribution >= 0.6 is 11.6 Å². The fourth-order valence-electron chi connectivity index (χ4n) is 2.57. The van der Waals surface area contributed by atoms with Gasteiger partial charge in [-0.3, -0.25) is 9.69 Å². The number of benzene rings is 1. The maximum absolute atomic E-state index is 13.1. The molecule has 1 fully saturated rings. The zero-order chi connectivity index (χ0) is 20.3. The van der Waals surface area contributed by atoms with E-state index >= 15 is 0 Å². The predicted molar refractivity (Wildman–Crippen MR) is 98.4 cm³/mol. The summed E-state index contributed by atoms with van der Waals surface area (Å²) >= 11 is 6.32. The molecule has 2 aromatic rings. The summed E-state index contributed by atoms with van der Waals surface area (Å²) in [7, 11) is 0. The third-order valence-electron chi connectivity index (χ3n) is 4.00. The molecule has 28 heavy (non-hydrogen) atoms. The number of carbonyl (C=O) groups is 3. The largest absolute Gasteiger partial charge is 0.452 e. The van der Waals surface area contributed by atoms with Crippen molar-refractivity contribution >= 4 is 35.6 Å². The number of esters is 1. The van der Waals surface area contributed by atoms with Gasteiger partial charge in [0.15, 0.2) is 6.61 Å². The number of aryl methyl sites for hydroxylation is 1. The number of urea groups is 1. The average Bonchev–Trinajstić information content (AvgIpc) is 3.22. The number of rotatable bonds is 5. The van der Waals surface area contributed by atoms with Crippen molar-refractivity contribution < 1.29 is 23.5 Å². The van der Waals surface area contributed by atoms with E-state index in [0.717, 1.165) is 11.0 Å². The van der Waals surface area contributed by atoms with E-state index in [2.05, 4.69) is 10.4 Å². The number of hydrogen-bond donors (Lipinski definition) is 1. The Kier molecular flexibility index (Phi) is 5.74. The summed E-state index contributed by atoms with van der Waals surface area (Å²) in [5.74, 6) is -1.75. The quantitative estimate of drug-likeness (QED) is 0.606. The molecule has 10 heteroatoms. The highest BCUT2D eigenvalue weighted by molar-refractivity contribution is 6.31. The first kappa shape index (κ1) is 19.6. The summed E-state index contributed by atoms with van der Waals surface area (Å²) in [6.07, 6.45) is 2.53. The van der Waals surface area contributed by atoms with Crippen LogP contribution in [-0.2, 0) is 14.3 Å². The Morgan fingerprint density at radius 2 is 2.07 bits per heavy atom. The number of nitrogens with zero attached hydrogens (tertiary/aromatic N) is 3. The standard InChI is InChI=1S/C18H16ClFN4O4/c1-11-14(17(19)24(22-11)13-4-2-12(20)3-5-13)6-7-16(26)28-10-15(25)23-9-8-21-18(23)27/h2-7H,8-10H2,1H3,(H,21,27)/b7-6+. The Morgan fingerprint density at radius 3 is 2.71 bits per heavy atom. The first-order chi connectivity index (χ1) is 13.4. The summed E-state index contributed by atoms with van der Waals surface area (Å²) in [5, 5.41) is 6.99. The monoisotopic (exact) mass is 406 g/mol. The van der Waals surface area contributed by atoms with E-state index in [9.17, 15) is 18.8 Å². The Balaban J connectivity index is 1.65. The topological polar surface area (TPSA) is 93.5 Å². The number of carbonyl (C=O) groups excluding carboxylic acids is 3. The van der Waals surface area contributed by atoms with E-state index in [1.54, 1.807) is 6.92 Å². The molecule has 146 valence electrons. The number of amides is 3. The molecule has 3 rings (SSSR count). The van der Waals surface area contributed by atoms with Crippen molar-refractivity contribution in [2.45, 2.75) is 6.92 Å². The van der Waals surface area contributed by atoms with Gasteiger partial charge in [-0.25, -0.2) is 18.7 Å². The van der Waals surface area contributed by atoms with Gasteiger partial charge in [-0.1, -0.05) is 11.6 Å². The van der Waals surface area contributed by atoms with Crippen molar-refractivity contribution in [1.82, 2.24) is 20.0 Å². The second-order valence-corrected chi connectivity index (χ2v) is 6.25. The average molecular weight is 407 g/mol. The minimum atomic E-state index is -0.766. The van der Waals surface area contributed by atoms with Crippen LogP contribution in [0.4, 0.5) is 9.18 Å². The van der Waals surface area contributed by atoms with Crippen LogP contribution in [0.3, 0.4) is 0 Å². The number of imide groups is 1.